The molecule has 4 rings (SSSR count). The summed E-state index contributed by atoms with van der Waals surface area (Å²) >= 11 is 1.46. The molecule has 0 bridgehead atoms. The number of hydrogen-bond acceptors (Lipinski definition) is 6. The third-order valence-electron chi connectivity index (χ3n) is 5.15. The standard InChI is InChI=1S/C25H24N4O4S/c1-3-33-23(24(30)31)13-17-7-9-18(10-8-17)19-5-4-6-21(14-19)28(2)25(32)27-20-11-12-29-22(15-20)16-26-34-29/h4-16,26H,3H2,1-2H3,(H,27,32)(H,30,31)/b23-13-. The first kappa shape index (κ1) is 23.1. The highest BCUT2D eigenvalue weighted by Gasteiger charge is 2.18. The van der Waals surface area contributed by atoms with Crippen molar-refractivity contribution < 1.29 is 19.4 Å². The van der Waals surface area contributed by atoms with Crippen LogP contribution in [0.1, 0.15) is 12.5 Å². The third-order valence-corrected chi connectivity index (χ3v) is 5.90. The summed E-state index contributed by atoms with van der Waals surface area (Å²) in [7, 11) is 1.72. The molecule has 34 heavy (non-hydrogen) atoms. The Balaban J connectivity index is 1.47. The van der Waals surface area contributed by atoms with Crippen molar-refractivity contribution in [2.75, 3.05) is 18.6 Å². The minimum absolute atomic E-state index is 0.0974. The maximum absolute atomic E-state index is 12.8. The summed E-state index contributed by atoms with van der Waals surface area (Å²) in [5.41, 5.74) is 5.00. The van der Waals surface area contributed by atoms with Crippen LogP contribution in [0.25, 0.3) is 17.2 Å². The maximum atomic E-state index is 12.8. The number of aliphatic carboxylic acids is 1. The lowest BCUT2D eigenvalue weighted by molar-refractivity contribution is -0.136. The van der Waals surface area contributed by atoms with Crippen molar-refractivity contribution in [1.29, 1.82) is 0 Å². The summed E-state index contributed by atoms with van der Waals surface area (Å²) in [5, 5.41) is 12.1. The summed E-state index contributed by atoms with van der Waals surface area (Å²) in [6.07, 6.45) is 8.99. The van der Waals surface area contributed by atoms with Crippen molar-refractivity contribution in [3.8, 4) is 11.1 Å². The highest BCUT2D eigenvalue weighted by Crippen LogP contribution is 2.28. The van der Waals surface area contributed by atoms with Gasteiger partial charge in [-0.25, -0.2) is 9.59 Å². The van der Waals surface area contributed by atoms with Gasteiger partial charge in [-0.3, -0.25) is 9.21 Å². The van der Waals surface area contributed by atoms with Gasteiger partial charge in [0.2, 0.25) is 5.76 Å². The molecule has 0 radical (unpaired) electrons. The van der Waals surface area contributed by atoms with Gasteiger partial charge in [0.05, 0.1) is 24.4 Å². The Labute approximate surface area is 202 Å². The number of hydrogen-bond donors (Lipinski definition) is 3. The smallest absolute Gasteiger partial charge is 0.371 e. The fourth-order valence-corrected chi connectivity index (χ4v) is 4.00. The van der Waals surface area contributed by atoms with Crippen molar-refractivity contribution in [3.05, 3.63) is 95.8 Å². The summed E-state index contributed by atoms with van der Waals surface area (Å²) in [5.74, 6) is -1.20. The molecule has 0 aliphatic carbocycles. The zero-order valence-electron chi connectivity index (χ0n) is 18.7. The number of carbonyl (C=O) groups is 2. The van der Waals surface area contributed by atoms with E-state index in [1.807, 2.05) is 77.4 Å². The van der Waals surface area contributed by atoms with Gasteiger partial charge >= 0.3 is 12.0 Å². The number of rotatable bonds is 7. The number of carbonyl (C=O) groups excluding carboxylic acids is 1. The van der Waals surface area contributed by atoms with Crippen LogP contribution in [0, 0.1) is 0 Å². The summed E-state index contributed by atoms with van der Waals surface area (Å²) in [6, 6.07) is 14.9. The fraction of sp³-hybridized carbons (Fsp3) is 0.120. The van der Waals surface area contributed by atoms with E-state index in [1.165, 1.54) is 18.2 Å². The first-order chi connectivity index (χ1) is 16.4. The van der Waals surface area contributed by atoms with Crippen LogP contribution in [-0.2, 0) is 9.53 Å². The van der Waals surface area contributed by atoms with Crippen LogP contribution >= 0.6 is 12.1 Å². The molecule has 0 saturated heterocycles. The predicted octanol–water partition coefficient (Wildman–Crippen LogP) is 4.68. The Morgan fingerprint density at radius 1 is 1.21 bits per heavy atom. The van der Waals surface area contributed by atoms with E-state index >= 15 is 0 Å². The Kier molecular flexibility index (Phi) is 6.93. The topological polar surface area (TPSA) is 94.1 Å². The van der Waals surface area contributed by atoms with Crippen molar-refractivity contribution >= 4 is 35.9 Å². The van der Waals surface area contributed by atoms with Crippen LogP contribution in [0.5, 0.6) is 0 Å². The van der Waals surface area contributed by atoms with E-state index in [-0.39, 0.29) is 18.4 Å². The van der Waals surface area contributed by atoms with Crippen LogP contribution < -0.4 is 14.9 Å². The van der Waals surface area contributed by atoms with Gasteiger partial charge in [-0.15, -0.1) is 0 Å². The number of allylic oxidation sites excluding steroid dienone is 2. The highest BCUT2D eigenvalue weighted by atomic mass is 32.2. The first-order valence-electron chi connectivity index (χ1n) is 10.6. The molecule has 0 fully saturated rings. The summed E-state index contributed by atoms with van der Waals surface area (Å²) in [6.45, 7) is 2.02. The molecule has 2 aromatic rings. The molecular formula is C25H24N4O4S. The Morgan fingerprint density at radius 3 is 2.74 bits per heavy atom. The lowest BCUT2D eigenvalue weighted by atomic mass is 10.0. The Morgan fingerprint density at radius 2 is 2.00 bits per heavy atom. The third kappa shape index (κ3) is 5.26. The quantitative estimate of drug-likeness (QED) is 0.303. The number of anilines is 1. The molecule has 174 valence electrons. The van der Waals surface area contributed by atoms with Gasteiger partial charge in [-0.05, 0) is 54.0 Å². The van der Waals surface area contributed by atoms with E-state index in [9.17, 15) is 14.7 Å². The molecule has 0 spiro atoms. The highest BCUT2D eigenvalue weighted by molar-refractivity contribution is 7.95. The van der Waals surface area contributed by atoms with E-state index in [4.69, 9.17) is 4.74 Å². The van der Waals surface area contributed by atoms with Crippen molar-refractivity contribution in [3.63, 3.8) is 0 Å². The SMILES string of the molecule is CCO/C(=C\c1ccc(-c2cccc(N(C)C(=O)NC3=CC4=CNSN4C=C3)c2)cc1)C(=O)O. The number of amides is 2. The molecule has 9 heteroatoms. The second-order valence-electron chi connectivity index (χ2n) is 7.43. The van der Waals surface area contributed by atoms with E-state index < -0.39 is 5.97 Å². The zero-order chi connectivity index (χ0) is 24.1. The van der Waals surface area contributed by atoms with Crippen molar-refractivity contribution in [2.45, 2.75) is 6.92 Å². The predicted molar refractivity (Wildman–Crippen MR) is 134 cm³/mol. The number of nitrogens with one attached hydrogen (secondary N) is 2. The number of fused-ring (bicyclic) bond motifs is 1. The number of ether oxygens (including phenoxy) is 1. The minimum Gasteiger partial charge on any atom is -0.487 e. The molecule has 0 saturated carbocycles. The van der Waals surface area contributed by atoms with Gasteiger partial charge in [-0.2, -0.15) is 0 Å². The van der Waals surface area contributed by atoms with Crippen LogP contribution in [0.3, 0.4) is 0 Å². The summed E-state index contributed by atoms with van der Waals surface area (Å²) < 4.78 is 10.2. The number of urea groups is 1. The van der Waals surface area contributed by atoms with E-state index in [2.05, 4.69) is 10.0 Å². The van der Waals surface area contributed by atoms with Gasteiger partial charge in [-0.1, -0.05) is 36.4 Å². The second-order valence-corrected chi connectivity index (χ2v) is 8.24. The number of carboxylic acid groups (broad SMARTS) is 1. The van der Waals surface area contributed by atoms with Crippen LogP contribution in [-0.4, -0.2) is 35.1 Å². The first-order valence-corrected chi connectivity index (χ1v) is 11.4. The van der Waals surface area contributed by atoms with E-state index in [0.29, 0.717) is 5.70 Å². The summed E-state index contributed by atoms with van der Waals surface area (Å²) in [4.78, 5) is 25.6. The van der Waals surface area contributed by atoms with Gasteiger partial charge < -0.3 is 19.9 Å². The van der Waals surface area contributed by atoms with Crippen molar-refractivity contribution in [2.24, 2.45) is 0 Å². The largest absolute Gasteiger partial charge is 0.487 e. The Bertz CT molecular complexity index is 1220. The van der Waals surface area contributed by atoms with Crippen LogP contribution in [0.15, 0.2) is 90.2 Å². The lowest BCUT2D eigenvalue weighted by Gasteiger charge is -2.22. The molecule has 2 heterocycles. The molecule has 8 nitrogen and oxygen atoms in total. The molecule has 0 unspecified atom stereocenters. The molecule has 2 aromatic carbocycles. The number of benzene rings is 2. The van der Waals surface area contributed by atoms with Gasteiger partial charge in [0, 0.05) is 30.8 Å². The maximum Gasteiger partial charge on any atom is 0.371 e. The molecule has 3 N–H and O–H groups in total. The van der Waals surface area contributed by atoms with Gasteiger partial charge in [0.15, 0.2) is 0 Å². The second kappa shape index (κ2) is 10.2. The zero-order valence-corrected chi connectivity index (χ0v) is 19.5. The molecule has 0 atom stereocenters. The molecular weight excluding hydrogens is 452 g/mol. The van der Waals surface area contributed by atoms with Gasteiger partial charge in [0.25, 0.3) is 0 Å². The number of nitrogens with zero attached hydrogens (tertiary/aromatic N) is 2. The molecule has 2 amide bonds. The van der Waals surface area contributed by atoms with E-state index in [1.54, 1.807) is 18.9 Å². The van der Waals surface area contributed by atoms with Crippen LogP contribution in [0.4, 0.5) is 10.5 Å². The van der Waals surface area contributed by atoms with Crippen molar-refractivity contribution in [1.82, 2.24) is 14.3 Å². The fourth-order valence-electron chi connectivity index (χ4n) is 3.38. The van der Waals surface area contributed by atoms with E-state index in [0.717, 1.165) is 28.1 Å². The minimum atomic E-state index is -1.10. The lowest BCUT2D eigenvalue weighted by Crippen LogP contribution is -2.37. The molecule has 2 aliphatic heterocycles. The van der Waals surface area contributed by atoms with Crippen LogP contribution in [0.2, 0.25) is 0 Å². The number of carboxylic acids is 1. The molecule has 0 aromatic heterocycles. The molecule has 2 aliphatic rings. The average Bonchev–Trinajstić information content (AvgIpc) is 3.31. The monoisotopic (exact) mass is 476 g/mol. The Hall–Kier alpha value is -4.11. The average molecular weight is 477 g/mol. The normalized spacial score (nSPS) is 14.5. The van der Waals surface area contributed by atoms with Gasteiger partial charge in [0.1, 0.15) is 0 Å².